The summed E-state index contributed by atoms with van der Waals surface area (Å²) < 4.78 is 26.4. The lowest BCUT2D eigenvalue weighted by Crippen LogP contribution is -2.04. The second-order valence-corrected chi connectivity index (χ2v) is 5.23. The maximum Gasteiger partial charge on any atom is 0.129 e. The Bertz CT molecular complexity index is 552. The minimum absolute atomic E-state index is 0.458. The van der Waals surface area contributed by atoms with Crippen molar-refractivity contribution in [2.24, 2.45) is 0 Å². The van der Waals surface area contributed by atoms with Crippen LogP contribution in [0.15, 0.2) is 18.2 Å². The molecule has 0 amide bonds. The Morgan fingerprint density at radius 3 is 2.78 bits per heavy atom. The molecule has 0 radical (unpaired) electrons. The van der Waals surface area contributed by atoms with Gasteiger partial charge in [0.05, 0.1) is 5.69 Å². The summed E-state index contributed by atoms with van der Waals surface area (Å²) in [4.78, 5) is 5.42. The first-order valence-corrected chi connectivity index (χ1v) is 6.45. The average Bonchev–Trinajstić information content (AvgIpc) is 2.64. The van der Waals surface area contributed by atoms with Gasteiger partial charge < -0.3 is 5.32 Å². The largest absolute Gasteiger partial charge is 0.314 e. The topological polar surface area (TPSA) is 24.9 Å². The molecule has 1 heterocycles. The van der Waals surface area contributed by atoms with Crippen molar-refractivity contribution < 1.29 is 8.78 Å². The van der Waals surface area contributed by atoms with E-state index in [2.05, 4.69) is 10.3 Å². The molecule has 0 aliphatic heterocycles. The molecule has 2 nitrogen and oxygen atoms in total. The zero-order valence-corrected chi connectivity index (χ0v) is 11.1. The maximum atomic E-state index is 13.6. The first-order valence-electron chi connectivity index (χ1n) is 5.64. The highest BCUT2D eigenvalue weighted by atomic mass is 32.1. The minimum Gasteiger partial charge on any atom is -0.314 e. The molecule has 1 aromatic heterocycles. The van der Waals surface area contributed by atoms with Gasteiger partial charge in [-0.05, 0) is 25.6 Å². The Morgan fingerprint density at radius 2 is 2.11 bits per heavy atom. The number of hydrogen-bond acceptors (Lipinski definition) is 3. The molecule has 2 rings (SSSR count). The van der Waals surface area contributed by atoms with Gasteiger partial charge in [-0.2, -0.15) is 0 Å². The summed E-state index contributed by atoms with van der Waals surface area (Å²) in [6.45, 7) is 2.61. The van der Waals surface area contributed by atoms with Crippen LogP contribution in [0.5, 0.6) is 0 Å². The number of nitrogens with zero attached hydrogens (tertiary/aromatic N) is 1. The molecule has 0 atom stereocenters. The molecule has 18 heavy (non-hydrogen) atoms. The molecule has 0 unspecified atom stereocenters. The number of benzene rings is 1. The van der Waals surface area contributed by atoms with Gasteiger partial charge in [0.2, 0.25) is 0 Å². The van der Waals surface area contributed by atoms with E-state index < -0.39 is 11.6 Å². The molecule has 0 fully saturated rings. The van der Waals surface area contributed by atoms with Gasteiger partial charge in [-0.15, -0.1) is 11.3 Å². The van der Waals surface area contributed by atoms with Crippen LogP contribution in [-0.4, -0.2) is 12.0 Å². The van der Waals surface area contributed by atoms with Crippen molar-refractivity contribution in [3.8, 4) is 0 Å². The van der Waals surface area contributed by atoms with Crippen molar-refractivity contribution in [2.75, 3.05) is 7.05 Å². The van der Waals surface area contributed by atoms with E-state index in [9.17, 15) is 8.78 Å². The average molecular weight is 268 g/mol. The van der Waals surface area contributed by atoms with E-state index in [1.165, 1.54) is 12.1 Å². The third-order valence-electron chi connectivity index (χ3n) is 2.63. The number of nitrogens with one attached hydrogen (secondary N) is 1. The highest BCUT2D eigenvalue weighted by Crippen LogP contribution is 2.23. The predicted octanol–water partition coefficient (Wildman–Crippen LogP) is 3.04. The fourth-order valence-electron chi connectivity index (χ4n) is 1.72. The summed E-state index contributed by atoms with van der Waals surface area (Å²) in [6, 6.07) is 3.69. The molecular weight excluding hydrogens is 254 g/mol. The van der Waals surface area contributed by atoms with Crippen LogP contribution in [0.1, 0.15) is 21.1 Å². The van der Waals surface area contributed by atoms with Gasteiger partial charge in [0.15, 0.2) is 0 Å². The molecule has 2 aromatic rings. The minimum atomic E-state index is -0.548. The lowest BCUT2D eigenvalue weighted by molar-refractivity contribution is 0.575. The zero-order chi connectivity index (χ0) is 13.1. The standard InChI is InChI=1S/C13H14F2N2S/c1-8-12(18-13(17-8)7-16-2)5-9-3-4-10(14)6-11(9)15/h3-4,6,16H,5,7H2,1-2H3. The summed E-state index contributed by atoms with van der Waals surface area (Å²) >= 11 is 1.56. The van der Waals surface area contributed by atoms with Crippen LogP contribution in [-0.2, 0) is 13.0 Å². The number of halogens is 2. The Labute approximate surface area is 109 Å². The number of thiazole rings is 1. The first-order chi connectivity index (χ1) is 8.60. The van der Waals surface area contributed by atoms with Crippen LogP contribution < -0.4 is 5.32 Å². The van der Waals surface area contributed by atoms with E-state index in [0.717, 1.165) is 21.6 Å². The lowest BCUT2D eigenvalue weighted by Gasteiger charge is -2.01. The third-order valence-corrected chi connectivity index (χ3v) is 3.79. The number of hydrogen-bond donors (Lipinski definition) is 1. The second-order valence-electron chi connectivity index (χ2n) is 4.06. The molecule has 0 bridgehead atoms. The van der Waals surface area contributed by atoms with E-state index in [1.54, 1.807) is 11.3 Å². The normalized spacial score (nSPS) is 10.9. The summed E-state index contributed by atoms with van der Waals surface area (Å²) in [5.41, 5.74) is 1.41. The Kier molecular flexibility index (Phi) is 4.04. The summed E-state index contributed by atoms with van der Waals surface area (Å²) in [5, 5.41) is 4.01. The highest BCUT2D eigenvalue weighted by molar-refractivity contribution is 7.11. The van der Waals surface area contributed by atoms with E-state index in [4.69, 9.17) is 0 Å². The Balaban J connectivity index is 2.22. The van der Waals surface area contributed by atoms with Gasteiger partial charge in [-0.25, -0.2) is 13.8 Å². The van der Waals surface area contributed by atoms with Gasteiger partial charge in [-0.1, -0.05) is 6.07 Å². The monoisotopic (exact) mass is 268 g/mol. The summed E-state index contributed by atoms with van der Waals surface area (Å²) in [7, 11) is 1.86. The van der Waals surface area contributed by atoms with Crippen molar-refractivity contribution in [1.29, 1.82) is 0 Å². The molecular formula is C13H14F2N2S. The van der Waals surface area contributed by atoms with E-state index in [1.807, 2.05) is 14.0 Å². The second kappa shape index (κ2) is 5.54. The maximum absolute atomic E-state index is 13.6. The van der Waals surface area contributed by atoms with E-state index >= 15 is 0 Å². The smallest absolute Gasteiger partial charge is 0.129 e. The number of rotatable bonds is 4. The molecule has 0 aliphatic rings. The molecule has 0 saturated carbocycles. The summed E-state index contributed by atoms with van der Waals surface area (Å²) in [6.07, 6.45) is 0.458. The summed E-state index contributed by atoms with van der Waals surface area (Å²) in [5.74, 6) is -1.05. The third kappa shape index (κ3) is 2.91. The molecule has 96 valence electrons. The fourth-order valence-corrected chi connectivity index (χ4v) is 2.82. The van der Waals surface area contributed by atoms with Crippen LogP contribution in [0, 0.1) is 18.6 Å². The van der Waals surface area contributed by atoms with Crippen LogP contribution in [0.3, 0.4) is 0 Å². The molecule has 0 aliphatic carbocycles. The molecule has 0 saturated heterocycles. The lowest BCUT2D eigenvalue weighted by atomic mass is 10.1. The molecule has 1 aromatic carbocycles. The molecule has 1 N–H and O–H groups in total. The first kappa shape index (κ1) is 13.1. The van der Waals surface area contributed by atoms with Crippen molar-refractivity contribution in [2.45, 2.75) is 19.9 Å². The van der Waals surface area contributed by atoms with Gasteiger partial charge in [0.1, 0.15) is 16.6 Å². The van der Waals surface area contributed by atoms with Crippen molar-refractivity contribution in [3.05, 3.63) is 51.0 Å². The SMILES string of the molecule is CNCc1nc(C)c(Cc2ccc(F)cc2F)s1. The van der Waals surface area contributed by atoms with Gasteiger partial charge in [0.25, 0.3) is 0 Å². The predicted molar refractivity (Wildman–Crippen MR) is 68.8 cm³/mol. The van der Waals surface area contributed by atoms with Crippen LogP contribution in [0.25, 0.3) is 0 Å². The van der Waals surface area contributed by atoms with Gasteiger partial charge in [0, 0.05) is 23.9 Å². The van der Waals surface area contributed by atoms with Crippen LogP contribution >= 0.6 is 11.3 Å². The number of aromatic nitrogens is 1. The highest BCUT2D eigenvalue weighted by Gasteiger charge is 2.11. The van der Waals surface area contributed by atoms with Crippen LogP contribution in [0.2, 0.25) is 0 Å². The number of aryl methyl sites for hydroxylation is 1. The van der Waals surface area contributed by atoms with Crippen molar-refractivity contribution in [3.63, 3.8) is 0 Å². The molecule has 5 heteroatoms. The zero-order valence-electron chi connectivity index (χ0n) is 10.3. The van der Waals surface area contributed by atoms with Crippen molar-refractivity contribution >= 4 is 11.3 Å². The quantitative estimate of drug-likeness (QED) is 0.922. The fraction of sp³-hybridized carbons (Fsp3) is 0.308. The van der Waals surface area contributed by atoms with Gasteiger partial charge >= 0.3 is 0 Å². The Morgan fingerprint density at radius 1 is 1.33 bits per heavy atom. The van der Waals surface area contributed by atoms with Crippen molar-refractivity contribution in [1.82, 2.24) is 10.3 Å². The molecule has 0 spiro atoms. The van der Waals surface area contributed by atoms with Gasteiger partial charge in [-0.3, -0.25) is 0 Å². The van der Waals surface area contributed by atoms with E-state index in [0.29, 0.717) is 18.5 Å². The van der Waals surface area contributed by atoms with E-state index in [-0.39, 0.29) is 0 Å². The van der Waals surface area contributed by atoms with Crippen LogP contribution in [0.4, 0.5) is 8.78 Å². The Hall–Kier alpha value is -1.33.